The number of fused-ring (bicyclic) bond motifs is 1. The predicted molar refractivity (Wildman–Crippen MR) is 171 cm³/mol. The van der Waals surface area contributed by atoms with Crippen LogP contribution in [0.15, 0.2) is 48.5 Å². The van der Waals surface area contributed by atoms with E-state index in [0.29, 0.717) is 18.3 Å². The number of rotatable bonds is 8. The average molecular weight is 537 g/mol. The van der Waals surface area contributed by atoms with E-state index in [2.05, 4.69) is 61.3 Å². The smallest absolute Gasteiger partial charge is 0.375 e. The van der Waals surface area contributed by atoms with Crippen LogP contribution in [0.4, 0.5) is 15.8 Å². The number of nitrogens with one attached hydrogen (secondary N) is 2. The van der Waals surface area contributed by atoms with Gasteiger partial charge in [-0.2, -0.15) is 0 Å². The molecule has 0 amide bonds. The molecule has 2 N–H and O–H groups in total. The van der Waals surface area contributed by atoms with E-state index in [1.54, 1.807) is 4.57 Å². The van der Waals surface area contributed by atoms with Crippen molar-refractivity contribution in [2.45, 2.75) is 70.8 Å². The van der Waals surface area contributed by atoms with E-state index in [0.717, 1.165) is 54.0 Å². The van der Waals surface area contributed by atoms with Crippen molar-refractivity contribution in [1.29, 1.82) is 0 Å². The molecule has 9 heteroatoms. The standard InChI is InChI=1S/C29H35B3FN4O.C2H6/c1-28(2,3)32-38-24-12-10-21(11-13-24)34-16-6-7-23-19-25-26(35-22-14-17-36(4)18-15-22)8-5-9-27(25)37(23)20-29(30,31)33;1-2/h5,8-13,19,22,34-35H,14-18,20H2,1-4H3;1-2H3. The van der Waals surface area contributed by atoms with Crippen molar-refractivity contribution in [2.24, 2.45) is 0 Å². The summed E-state index contributed by atoms with van der Waals surface area (Å²) in [5, 5.41) is 7.95. The Morgan fingerprint density at radius 1 is 1.07 bits per heavy atom. The van der Waals surface area contributed by atoms with Gasteiger partial charge in [-0.05, 0) is 86.7 Å². The van der Waals surface area contributed by atoms with E-state index in [-0.39, 0.29) is 11.9 Å². The molecule has 0 spiro atoms. The Labute approximate surface area is 243 Å². The molecule has 0 aliphatic carbocycles. The predicted octanol–water partition coefficient (Wildman–Crippen LogP) is 5.81. The summed E-state index contributed by atoms with van der Waals surface area (Å²) in [7, 11) is 15.1. The van der Waals surface area contributed by atoms with Crippen LogP contribution in [0, 0.1) is 11.8 Å². The molecule has 2 aromatic carbocycles. The van der Waals surface area contributed by atoms with Gasteiger partial charge in [0.1, 0.15) is 15.7 Å². The third-order valence-corrected chi connectivity index (χ3v) is 6.42. The minimum absolute atomic E-state index is 0.0195. The molecule has 2 heterocycles. The number of alkyl halides is 1. The highest BCUT2D eigenvalue weighted by atomic mass is 19.1. The summed E-state index contributed by atoms with van der Waals surface area (Å²) in [6, 6.07) is 16.1. The topological polar surface area (TPSA) is 41.5 Å². The van der Waals surface area contributed by atoms with Crippen LogP contribution >= 0.6 is 0 Å². The third-order valence-electron chi connectivity index (χ3n) is 6.42. The molecular formula is C31H41B3FN4O. The summed E-state index contributed by atoms with van der Waals surface area (Å²) in [4.78, 5) is 2.34. The number of halogens is 1. The summed E-state index contributed by atoms with van der Waals surface area (Å²) >= 11 is 0. The van der Waals surface area contributed by atoms with Gasteiger partial charge < -0.3 is 24.8 Å². The van der Waals surface area contributed by atoms with Crippen molar-refractivity contribution in [3.63, 3.8) is 0 Å². The molecule has 4 rings (SSSR count). The Balaban J connectivity index is 0.00000216. The molecule has 1 aliphatic heterocycles. The van der Waals surface area contributed by atoms with Gasteiger partial charge in [-0.25, -0.2) is 0 Å². The first kappa shape index (κ1) is 31.6. The molecule has 1 saturated heterocycles. The largest absolute Gasteiger partial charge is 0.563 e. The SMILES string of the molecule is CC.[B]C([B])(F)Cn1c(C#CCNc2ccc(O[B]C(C)(C)C)cc2)cc2c(NC3CCN(C)CC3)cccc21. The maximum Gasteiger partial charge on any atom is 0.375 e. The van der Waals surface area contributed by atoms with E-state index in [4.69, 9.17) is 20.3 Å². The van der Waals surface area contributed by atoms with Crippen molar-refractivity contribution in [1.82, 2.24) is 9.47 Å². The lowest BCUT2D eigenvalue weighted by molar-refractivity contribution is 0.264. The molecule has 207 valence electrons. The van der Waals surface area contributed by atoms with Crippen LogP contribution in [0.1, 0.15) is 53.2 Å². The van der Waals surface area contributed by atoms with Crippen LogP contribution in [-0.4, -0.2) is 70.8 Å². The van der Waals surface area contributed by atoms with Gasteiger partial charge in [0, 0.05) is 34.8 Å². The first-order valence-corrected chi connectivity index (χ1v) is 14.1. The van der Waals surface area contributed by atoms with Gasteiger partial charge in [0.2, 0.25) is 0 Å². The maximum atomic E-state index is 14.4. The third kappa shape index (κ3) is 9.59. The zero-order valence-electron chi connectivity index (χ0n) is 24.9. The van der Waals surface area contributed by atoms with Crippen LogP contribution in [0.3, 0.4) is 0 Å². The number of likely N-dealkylation sites (tertiary alicyclic amines) is 1. The second-order valence-electron chi connectivity index (χ2n) is 11.3. The van der Waals surface area contributed by atoms with Crippen molar-refractivity contribution in [2.75, 3.05) is 37.3 Å². The van der Waals surface area contributed by atoms with Gasteiger partial charge in [-0.1, -0.05) is 46.6 Å². The van der Waals surface area contributed by atoms with Crippen LogP contribution in [0.25, 0.3) is 10.9 Å². The number of piperidine rings is 1. The number of aromatic nitrogens is 1. The number of anilines is 2. The molecule has 0 bridgehead atoms. The molecule has 3 aromatic rings. The summed E-state index contributed by atoms with van der Waals surface area (Å²) in [6.07, 6.45) is 2.15. The first-order chi connectivity index (χ1) is 19.0. The Morgan fingerprint density at radius 3 is 2.38 bits per heavy atom. The normalized spacial score (nSPS) is 14.5. The van der Waals surface area contributed by atoms with Crippen molar-refractivity contribution in [3.8, 4) is 17.6 Å². The van der Waals surface area contributed by atoms with E-state index in [9.17, 15) is 4.39 Å². The Morgan fingerprint density at radius 2 is 1.75 bits per heavy atom. The average Bonchev–Trinajstić information content (AvgIpc) is 3.25. The van der Waals surface area contributed by atoms with Gasteiger partial charge in [0.15, 0.2) is 0 Å². The fraction of sp³-hybridized carbons (Fsp3) is 0.484. The fourth-order valence-corrected chi connectivity index (χ4v) is 4.48. The molecule has 40 heavy (non-hydrogen) atoms. The van der Waals surface area contributed by atoms with Crippen LogP contribution in [0.2, 0.25) is 5.31 Å². The lowest BCUT2D eigenvalue weighted by Gasteiger charge is -2.30. The second kappa shape index (κ2) is 14.1. The van der Waals surface area contributed by atoms with E-state index in [1.165, 1.54) is 0 Å². The Bertz CT molecular complexity index is 1280. The molecule has 1 fully saturated rings. The first-order valence-electron chi connectivity index (χ1n) is 14.1. The van der Waals surface area contributed by atoms with Crippen molar-refractivity contribution in [3.05, 3.63) is 54.2 Å². The van der Waals surface area contributed by atoms with Gasteiger partial charge in [-0.15, -0.1) is 0 Å². The van der Waals surface area contributed by atoms with Gasteiger partial charge in [0.25, 0.3) is 0 Å². The lowest BCUT2D eigenvalue weighted by Crippen LogP contribution is -2.36. The molecule has 5 nitrogen and oxygen atoms in total. The minimum Gasteiger partial charge on any atom is -0.563 e. The highest BCUT2D eigenvalue weighted by Crippen LogP contribution is 2.30. The molecule has 1 aromatic heterocycles. The van der Waals surface area contributed by atoms with E-state index < -0.39 is 5.47 Å². The van der Waals surface area contributed by atoms with Crippen LogP contribution < -0.4 is 15.3 Å². The number of nitrogens with zero attached hydrogens (tertiary/aromatic N) is 2. The molecule has 0 saturated carbocycles. The molecule has 0 unspecified atom stereocenters. The summed E-state index contributed by atoms with van der Waals surface area (Å²) in [5.74, 6) is 7.12. The molecule has 1 aliphatic rings. The highest BCUT2D eigenvalue weighted by Gasteiger charge is 2.21. The zero-order chi connectivity index (χ0) is 29.3. The minimum atomic E-state index is -2.35. The van der Waals surface area contributed by atoms with E-state index in [1.807, 2.05) is 63.8 Å². The van der Waals surface area contributed by atoms with Crippen LogP contribution in [-0.2, 0) is 6.54 Å². The summed E-state index contributed by atoms with van der Waals surface area (Å²) in [6.45, 7) is 12.6. The van der Waals surface area contributed by atoms with Crippen LogP contribution in [0.5, 0.6) is 5.75 Å². The second-order valence-corrected chi connectivity index (χ2v) is 11.3. The highest BCUT2D eigenvalue weighted by molar-refractivity contribution is 6.38. The number of benzene rings is 2. The number of hydrogen-bond donors (Lipinski definition) is 2. The van der Waals surface area contributed by atoms with Gasteiger partial charge in [0.05, 0.1) is 23.5 Å². The zero-order valence-corrected chi connectivity index (χ0v) is 24.9. The Hall–Kier alpha value is -2.98. The van der Waals surface area contributed by atoms with Crippen molar-refractivity contribution < 1.29 is 9.04 Å². The van der Waals surface area contributed by atoms with Crippen molar-refractivity contribution >= 4 is 45.5 Å². The quantitative estimate of drug-likeness (QED) is 0.281. The number of hydrogen-bond acceptors (Lipinski definition) is 4. The van der Waals surface area contributed by atoms with Gasteiger partial charge in [-0.3, -0.25) is 4.39 Å². The molecule has 5 radical (unpaired) electrons. The maximum absolute atomic E-state index is 14.4. The molecular weight excluding hydrogens is 496 g/mol. The monoisotopic (exact) mass is 537 g/mol. The lowest BCUT2D eigenvalue weighted by atomic mass is 9.67. The summed E-state index contributed by atoms with van der Waals surface area (Å²) in [5.41, 5.74) is 1.10. The van der Waals surface area contributed by atoms with E-state index >= 15 is 0 Å². The molecule has 0 atom stereocenters. The summed E-state index contributed by atoms with van der Waals surface area (Å²) < 4.78 is 21.8. The fourth-order valence-electron chi connectivity index (χ4n) is 4.48. The van der Waals surface area contributed by atoms with Gasteiger partial charge >= 0.3 is 7.48 Å². The Kier molecular flexibility index (Phi) is 11.1.